The van der Waals surface area contributed by atoms with Crippen LogP contribution in [0.25, 0.3) is 33.0 Å². The monoisotopic (exact) mass is 475 g/mol. The average molecular weight is 476 g/mol. The fourth-order valence-corrected chi connectivity index (χ4v) is 4.29. The van der Waals surface area contributed by atoms with Gasteiger partial charge in [-0.15, -0.1) is 11.3 Å². The van der Waals surface area contributed by atoms with E-state index in [1.807, 2.05) is 5.38 Å². The van der Waals surface area contributed by atoms with Crippen molar-refractivity contribution in [3.63, 3.8) is 0 Å². The van der Waals surface area contributed by atoms with Gasteiger partial charge in [-0.05, 0) is 36.9 Å². The predicted molar refractivity (Wildman–Crippen MR) is 124 cm³/mol. The number of alkyl halides is 3. The number of hydrogen-bond acceptors (Lipinski definition) is 7. The Morgan fingerprint density at radius 3 is 2.58 bits per heavy atom. The van der Waals surface area contributed by atoms with Crippen LogP contribution in [0.3, 0.4) is 0 Å². The second-order valence-corrected chi connectivity index (χ2v) is 9.46. The Hall–Kier alpha value is -3.05. The third kappa shape index (κ3) is 5.31. The number of aromatic amines is 1. The van der Waals surface area contributed by atoms with E-state index in [1.165, 1.54) is 43.5 Å². The number of hydrogen-bond donors (Lipinski definition) is 3. The standard InChI is InChI=1S/C15H9F3N6S.C7H15N/c16-15(17,18)9-6-22-14(19)24-11(9)8-5-21-12-7(8)1-2-10(23-12)13-20-3-4-25-13;1-7(2)4-3-5-8-6-7/h1-6H,(H,21,23)(H2,19,22,24);8H,3-6H2,1-2H3. The third-order valence-electron chi connectivity index (χ3n) is 5.37. The highest BCUT2D eigenvalue weighted by Crippen LogP contribution is 2.38. The fraction of sp³-hybridized carbons (Fsp3) is 0.364. The maximum Gasteiger partial charge on any atom is 0.419 e. The average Bonchev–Trinajstić information content (AvgIpc) is 3.43. The van der Waals surface area contributed by atoms with Crippen LogP contribution in [-0.2, 0) is 6.18 Å². The zero-order chi connectivity index (χ0) is 23.6. The lowest BCUT2D eigenvalue weighted by molar-refractivity contribution is -0.137. The molecule has 0 aliphatic carbocycles. The molecule has 0 aromatic carbocycles. The summed E-state index contributed by atoms with van der Waals surface area (Å²) in [5, 5.41) is 6.42. The van der Waals surface area contributed by atoms with Crippen LogP contribution in [-0.4, -0.2) is 38.0 Å². The molecule has 0 bridgehead atoms. The number of H-pyrrole nitrogens is 1. The Bertz CT molecular complexity index is 1220. The molecule has 11 heteroatoms. The van der Waals surface area contributed by atoms with Gasteiger partial charge in [0.25, 0.3) is 0 Å². The van der Waals surface area contributed by atoms with Crippen LogP contribution in [0.1, 0.15) is 32.3 Å². The summed E-state index contributed by atoms with van der Waals surface area (Å²) < 4.78 is 39.8. The molecule has 4 N–H and O–H groups in total. The molecule has 1 fully saturated rings. The van der Waals surface area contributed by atoms with Gasteiger partial charge in [0, 0.05) is 41.5 Å². The molecule has 4 aromatic rings. The van der Waals surface area contributed by atoms with Crippen LogP contribution in [0.4, 0.5) is 19.1 Å². The molecule has 0 unspecified atom stereocenters. The Morgan fingerprint density at radius 1 is 1.15 bits per heavy atom. The van der Waals surface area contributed by atoms with Crippen molar-refractivity contribution < 1.29 is 13.2 Å². The van der Waals surface area contributed by atoms with E-state index in [0.717, 1.165) is 5.01 Å². The predicted octanol–water partition coefficient (Wildman–Crippen LogP) is 5.14. The van der Waals surface area contributed by atoms with E-state index in [4.69, 9.17) is 5.73 Å². The summed E-state index contributed by atoms with van der Waals surface area (Å²) >= 11 is 1.42. The number of rotatable bonds is 2. The van der Waals surface area contributed by atoms with Gasteiger partial charge >= 0.3 is 6.18 Å². The molecule has 174 valence electrons. The SMILES string of the molecule is CC1(C)CCCNC1.Nc1ncc(C(F)(F)F)c(-c2c[nH]c3nc(-c4nccs4)ccc23)n1. The summed E-state index contributed by atoms with van der Waals surface area (Å²) in [6.45, 7) is 7.06. The van der Waals surface area contributed by atoms with Gasteiger partial charge in [-0.25, -0.2) is 19.9 Å². The molecule has 0 radical (unpaired) electrons. The quantitative estimate of drug-likeness (QED) is 0.371. The normalized spacial score (nSPS) is 15.8. The molecule has 1 aliphatic heterocycles. The van der Waals surface area contributed by atoms with E-state index in [2.05, 4.69) is 44.1 Å². The molecule has 0 atom stereocenters. The van der Waals surface area contributed by atoms with E-state index < -0.39 is 11.7 Å². The zero-order valence-corrected chi connectivity index (χ0v) is 19.0. The van der Waals surface area contributed by atoms with Crippen molar-refractivity contribution in [2.75, 3.05) is 18.8 Å². The first kappa shape index (κ1) is 23.1. The number of piperidine rings is 1. The number of thiazole rings is 1. The van der Waals surface area contributed by atoms with Crippen LogP contribution in [0.15, 0.2) is 36.1 Å². The fourth-order valence-electron chi connectivity index (χ4n) is 3.69. The first-order chi connectivity index (χ1) is 15.6. The van der Waals surface area contributed by atoms with E-state index in [-0.39, 0.29) is 17.2 Å². The molecule has 5 heterocycles. The molecule has 1 aliphatic rings. The number of halogens is 3. The van der Waals surface area contributed by atoms with Gasteiger partial charge in [0.15, 0.2) is 0 Å². The van der Waals surface area contributed by atoms with E-state index >= 15 is 0 Å². The summed E-state index contributed by atoms with van der Waals surface area (Å²) in [6, 6.07) is 3.39. The number of nitrogens with two attached hydrogens (primary N) is 1. The van der Waals surface area contributed by atoms with Crippen molar-refractivity contribution in [2.24, 2.45) is 5.41 Å². The number of nitrogens with one attached hydrogen (secondary N) is 2. The maximum absolute atomic E-state index is 13.3. The Kier molecular flexibility index (Phi) is 6.35. The highest BCUT2D eigenvalue weighted by molar-refractivity contribution is 7.13. The highest BCUT2D eigenvalue weighted by atomic mass is 32.1. The smallest absolute Gasteiger partial charge is 0.368 e. The van der Waals surface area contributed by atoms with Gasteiger partial charge in [-0.3, -0.25) is 0 Å². The minimum absolute atomic E-state index is 0.232. The minimum Gasteiger partial charge on any atom is -0.368 e. The minimum atomic E-state index is -4.60. The summed E-state index contributed by atoms with van der Waals surface area (Å²) in [4.78, 5) is 18.7. The molecular formula is C22H24F3N7S. The van der Waals surface area contributed by atoms with Gasteiger partial charge in [-0.2, -0.15) is 13.2 Å². The van der Waals surface area contributed by atoms with Crippen molar-refractivity contribution in [2.45, 2.75) is 32.9 Å². The number of aromatic nitrogens is 5. The van der Waals surface area contributed by atoms with Crippen LogP contribution in [0.5, 0.6) is 0 Å². The van der Waals surface area contributed by atoms with Crippen molar-refractivity contribution in [1.29, 1.82) is 0 Å². The maximum atomic E-state index is 13.3. The van der Waals surface area contributed by atoms with Gasteiger partial charge in [-0.1, -0.05) is 13.8 Å². The van der Waals surface area contributed by atoms with Crippen LogP contribution >= 0.6 is 11.3 Å². The number of fused-ring (bicyclic) bond motifs is 1. The highest BCUT2D eigenvalue weighted by Gasteiger charge is 2.36. The topological polar surface area (TPSA) is 105 Å². The summed E-state index contributed by atoms with van der Waals surface area (Å²) in [6.07, 6.45) is 1.92. The van der Waals surface area contributed by atoms with Gasteiger partial charge in [0.05, 0.1) is 5.69 Å². The first-order valence-corrected chi connectivity index (χ1v) is 11.3. The lowest BCUT2D eigenvalue weighted by Crippen LogP contribution is -2.35. The van der Waals surface area contributed by atoms with Gasteiger partial charge < -0.3 is 16.0 Å². The van der Waals surface area contributed by atoms with E-state index in [0.29, 0.717) is 28.3 Å². The largest absolute Gasteiger partial charge is 0.419 e. The van der Waals surface area contributed by atoms with Crippen molar-refractivity contribution in [3.8, 4) is 22.0 Å². The van der Waals surface area contributed by atoms with Crippen molar-refractivity contribution in [1.82, 2.24) is 30.2 Å². The van der Waals surface area contributed by atoms with Crippen molar-refractivity contribution in [3.05, 3.63) is 41.7 Å². The number of nitrogen functional groups attached to an aromatic ring is 1. The van der Waals surface area contributed by atoms with Crippen LogP contribution in [0.2, 0.25) is 0 Å². The second-order valence-electron chi connectivity index (χ2n) is 8.57. The molecule has 7 nitrogen and oxygen atoms in total. The number of anilines is 1. The van der Waals surface area contributed by atoms with E-state index in [9.17, 15) is 13.2 Å². The molecule has 1 saturated heterocycles. The van der Waals surface area contributed by atoms with E-state index in [1.54, 1.807) is 18.3 Å². The zero-order valence-electron chi connectivity index (χ0n) is 18.2. The Morgan fingerprint density at radius 2 is 1.97 bits per heavy atom. The first-order valence-electron chi connectivity index (χ1n) is 10.4. The summed E-state index contributed by atoms with van der Waals surface area (Å²) in [5.74, 6) is -0.232. The molecule has 0 spiro atoms. The van der Waals surface area contributed by atoms with Crippen LogP contribution < -0.4 is 11.1 Å². The lowest BCUT2D eigenvalue weighted by atomic mass is 9.85. The van der Waals surface area contributed by atoms with Crippen molar-refractivity contribution >= 4 is 28.3 Å². The Balaban J connectivity index is 0.000000275. The molecule has 5 rings (SSSR count). The van der Waals surface area contributed by atoms with Crippen LogP contribution in [0, 0.1) is 5.41 Å². The summed E-state index contributed by atoms with van der Waals surface area (Å²) in [5.41, 5.74) is 6.15. The van der Waals surface area contributed by atoms with Gasteiger partial charge in [0.1, 0.15) is 21.9 Å². The third-order valence-corrected chi connectivity index (χ3v) is 6.16. The lowest BCUT2D eigenvalue weighted by Gasteiger charge is -2.29. The Labute approximate surface area is 192 Å². The molecule has 0 saturated carbocycles. The van der Waals surface area contributed by atoms with Gasteiger partial charge in [0.2, 0.25) is 5.95 Å². The molecule has 0 amide bonds. The molecule has 4 aromatic heterocycles. The number of pyridine rings is 1. The second kappa shape index (κ2) is 9.06. The summed E-state index contributed by atoms with van der Waals surface area (Å²) in [7, 11) is 0. The number of nitrogens with zero attached hydrogens (tertiary/aromatic N) is 4. The molecular weight excluding hydrogens is 451 g/mol. The molecule has 33 heavy (non-hydrogen) atoms.